The molecule has 1 N–H and O–H groups in total. The lowest BCUT2D eigenvalue weighted by Crippen LogP contribution is -2.48. The third-order valence-electron chi connectivity index (χ3n) is 6.39. The van der Waals surface area contributed by atoms with Crippen molar-refractivity contribution in [2.45, 2.75) is 4.90 Å². The van der Waals surface area contributed by atoms with Crippen LogP contribution >= 0.6 is 0 Å². The number of aldehydes is 1. The number of anilines is 2. The van der Waals surface area contributed by atoms with Gasteiger partial charge in [0.05, 0.1) is 30.1 Å². The highest BCUT2D eigenvalue weighted by molar-refractivity contribution is 7.93. The van der Waals surface area contributed by atoms with Gasteiger partial charge in [0.15, 0.2) is 6.29 Å². The lowest BCUT2D eigenvalue weighted by molar-refractivity contribution is 0.0746. The predicted octanol–water partition coefficient (Wildman–Crippen LogP) is 3.21. The Labute approximate surface area is 219 Å². The van der Waals surface area contributed by atoms with Crippen LogP contribution in [0.3, 0.4) is 0 Å². The van der Waals surface area contributed by atoms with Crippen molar-refractivity contribution >= 4 is 44.5 Å². The molecule has 2 aromatic carbocycles. The topological polar surface area (TPSA) is 122 Å². The van der Waals surface area contributed by atoms with Crippen LogP contribution in [0.2, 0.25) is 0 Å². The fraction of sp³-hybridized carbons (Fsp3) is 0.185. The van der Waals surface area contributed by atoms with Crippen LogP contribution in [0.25, 0.3) is 10.9 Å². The molecule has 3 heterocycles. The molecule has 5 rings (SSSR count). The summed E-state index contributed by atoms with van der Waals surface area (Å²) >= 11 is 0. The van der Waals surface area contributed by atoms with Crippen LogP contribution in [0.4, 0.5) is 11.4 Å². The first-order valence-corrected chi connectivity index (χ1v) is 13.4. The number of ether oxygens (including phenoxy) is 1. The highest BCUT2D eigenvalue weighted by atomic mass is 32.2. The number of nitrogens with zero attached hydrogens (tertiary/aromatic N) is 4. The summed E-state index contributed by atoms with van der Waals surface area (Å²) in [5.74, 6) is 0.135. The van der Waals surface area contributed by atoms with Crippen molar-refractivity contribution in [2.24, 2.45) is 0 Å². The summed E-state index contributed by atoms with van der Waals surface area (Å²) in [4.78, 5) is 36.7. The van der Waals surface area contributed by atoms with E-state index >= 15 is 0 Å². The van der Waals surface area contributed by atoms with Crippen LogP contribution in [-0.2, 0) is 10.0 Å². The van der Waals surface area contributed by atoms with Gasteiger partial charge in [-0.05, 0) is 42.5 Å². The smallest absolute Gasteiger partial charge is 0.264 e. The van der Waals surface area contributed by atoms with Gasteiger partial charge in [-0.3, -0.25) is 19.3 Å². The molecular weight excluding hydrogens is 506 g/mol. The van der Waals surface area contributed by atoms with E-state index in [1.54, 1.807) is 71.9 Å². The molecule has 0 atom stereocenters. The van der Waals surface area contributed by atoms with Crippen molar-refractivity contribution in [1.29, 1.82) is 0 Å². The van der Waals surface area contributed by atoms with E-state index in [4.69, 9.17) is 4.74 Å². The number of benzene rings is 2. The lowest BCUT2D eigenvalue weighted by atomic mass is 10.1. The predicted molar refractivity (Wildman–Crippen MR) is 143 cm³/mol. The number of rotatable bonds is 7. The molecular formula is C27H25N5O5S. The zero-order valence-electron chi connectivity index (χ0n) is 20.6. The normalized spacial score (nSPS) is 13.8. The molecule has 0 unspecified atom stereocenters. The lowest BCUT2D eigenvalue weighted by Gasteiger charge is -2.36. The van der Waals surface area contributed by atoms with Gasteiger partial charge in [-0.1, -0.05) is 18.2 Å². The minimum Gasteiger partial charge on any atom is -0.480 e. The number of fused-ring (bicyclic) bond motifs is 1. The van der Waals surface area contributed by atoms with Crippen molar-refractivity contribution in [3.8, 4) is 5.88 Å². The average molecular weight is 532 g/mol. The third kappa shape index (κ3) is 5.00. The summed E-state index contributed by atoms with van der Waals surface area (Å²) in [6, 6.07) is 16.6. The summed E-state index contributed by atoms with van der Waals surface area (Å²) in [5, 5.41) is 0.726. The first-order valence-electron chi connectivity index (χ1n) is 11.9. The SMILES string of the molecule is COc1ncc(N2CCN(C(=O)c3ccc(NS(=O)(=O)c4cccc5cccnc45)cc3)CC2)cc1C=O. The minimum atomic E-state index is -3.88. The Bertz CT molecular complexity index is 1600. The number of aromatic nitrogens is 2. The maximum absolute atomic E-state index is 13.1. The Morgan fingerprint density at radius 1 is 1.00 bits per heavy atom. The van der Waals surface area contributed by atoms with E-state index < -0.39 is 10.0 Å². The van der Waals surface area contributed by atoms with E-state index in [0.29, 0.717) is 54.8 Å². The van der Waals surface area contributed by atoms with Gasteiger partial charge in [0.25, 0.3) is 15.9 Å². The highest BCUT2D eigenvalue weighted by Gasteiger charge is 2.24. The Balaban J connectivity index is 1.24. The molecule has 38 heavy (non-hydrogen) atoms. The standard InChI is InChI=1S/C27H25N5O5S/c1-37-26-21(18-33)16-23(17-29-26)31-12-14-32(15-13-31)27(34)20-7-9-22(10-8-20)30-38(35,36)24-6-2-4-19-5-3-11-28-25(19)24/h2-11,16-18,30H,12-15H2,1H3. The fourth-order valence-corrected chi connectivity index (χ4v) is 5.66. The summed E-state index contributed by atoms with van der Waals surface area (Å²) in [5.41, 5.74) is 2.36. The number of hydrogen-bond acceptors (Lipinski definition) is 8. The summed E-state index contributed by atoms with van der Waals surface area (Å²) in [6.45, 7) is 2.14. The Morgan fingerprint density at radius 2 is 1.74 bits per heavy atom. The number of amides is 1. The number of carbonyl (C=O) groups is 2. The molecule has 1 saturated heterocycles. The van der Waals surface area contributed by atoms with E-state index in [2.05, 4.69) is 19.6 Å². The van der Waals surface area contributed by atoms with Crippen molar-refractivity contribution in [3.05, 3.63) is 84.2 Å². The first-order chi connectivity index (χ1) is 18.4. The van der Waals surface area contributed by atoms with E-state index in [0.717, 1.165) is 11.1 Å². The van der Waals surface area contributed by atoms with Gasteiger partial charge in [-0.25, -0.2) is 13.4 Å². The third-order valence-corrected chi connectivity index (χ3v) is 7.80. The number of sulfonamides is 1. The number of para-hydroxylation sites is 1. The Kier molecular flexibility index (Phi) is 6.93. The summed E-state index contributed by atoms with van der Waals surface area (Å²) in [6.07, 6.45) is 3.91. The molecule has 1 fully saturated rings. The van der Waals surface area contributed by atoms with E-state index in [9.17, 15) is 18.0 Å². The Morgan fingerprint density at radius 3 is 2.45 bits per heavy atom. The van der Waals surface area contributed by atoms with Gasteiger partial charge in [0.2, 0.25) is 5.88 Å². The summed E-state index contributed by atoms with van der Waals surface area (Å²) < 4.78 is 33.8. The molecule has 0 radical (unpaired) electrons. The molecule has 194 valence electrons. The van der Waals surface area contributed by atoms with Crippen LogP contribution in [0.15, 0.2) is 78.0 Å². The van der Waals surface area contributed by atoms with Gasteiger partial charge >= 0.3 is 0 Å². The second kappa shape index (κ2) is 10.5. The zero-order valence-corrected chi connectivity index (χ0v) is 21.4. The molecule has 1 aliphatic rings. The maximum Gasteiger partial charge on any atom is 0.264 e. The van der Waals surface area contributed by atoms with Crippen molar-refractivity contribution in [1.82, 2.24) is 14.9 Å². The van der Waals surface area contributed by atoms with Crippen LogP contribution in [0.5, 0.6) is 5.88 Å². The minimum absolute atomic E-state index is 0.0842. The molecule has 0 aliphatic carbocycles. The van der Waals surface area contributed by atoms with Gasteiger partial charge in [0, 0.05) is 49.0 Å². The molecule has 1 amide bonds. The molecule has 10 nitrogen and oxygen atoms in total. The molecule has 0 bridgehead atoms. The number of carbonyl (C=O) groups excluding carboxylic acids is 2. The zero-order chi connectivity index (χ0) is 26.7. The number of pyridine rings is 2. The number of methoxy groups -OCH3 is 1. The molecule has 1 aliphatic heterocycles. The Hall–Kier alpha value is -4.51. The number of piperazine rings is 1. The fourth-order valence-electron chi connectivity index (χ4n) is 4.42. The van der Waals surface area contributed by atoms with Crippen LogP contribution in [-0.4, -0.2) is 68.8 Å². The van der Waals surface area contributed by atoms with Crippen molar-refractivity contribution in [3.63, 3.8) is 0 Å². The van der Waals surface area contributed by atoms with Gasteiger partial charge < -0.3 is 14.5 Å². The van der Waals surface area contributed by atoms with Gasteiger partial charge in [-0.15, -0.1) is 0 Å². The molecule has 0 saturated carbocycles. The van der Waals surface area contributed by atoms with Crippen LogP contribution in [0, 0.1) is 0 Å². The van der Waals surface area contributed by atoms with Crippen molar-refractivity contribution in [2.75, 3.05) is 42.9 Å². The van der Waals surface area contributed by atoms with Crippen molar-refractivity contribution < 1.29 is 22.7 Å². The quantitative estimate of drug-likeness (QED) is 0.361. The highest BCUT2D eigenvalue weighted by Crippen LogP contribution is 2.25. The van der Waals surface area contributed by atoms with E-state index in [-0.39, 0.29) is 16.7 Å². The van der Waals surface area contributed by atoms with Gasteiger partial charge in [-0.2, -0.15) is 0 Å². The average Bonchev–Trinajstić information content (AvgIpc) is 2.96. The second-order valence-electron chi connectivity index (χ2n) is 8.70. The monoisotopic (exact) mass is 531 g/mol. The number of hydrogen-bond donors (Lipinski definition) is 1. The molecule has 2 aromatic heterocycles. The molecule has 11 heteroatoms. The largest absolute Gasteiger partial charge is 0.480 e. The van der Waals surface area contributed by atoms with Crippen LogP contribution in [0.1, 0.15) is 20.7 Å². The molecule has 0 spiro atoms. The van der Waals surface area contributed by atoms with E-state index in [1.165, 1.54) is 13.2 Å². The second-order valence-corrected chi connectivity index (χ2v) is 10.4. The molecule has 4 aromatic rings. The first kappa shape index (κ1) is 25.2. The maximum atomic E-state index is 13.1. The number of nitrogens with one attached hydrogen (secondary N) is 1. The summed E-state index contributed by atoms with van der Waals surface area (Å²) in [7, 11) is -2.42. The van der Waals surface area contributed by atoms with Gasteiger partial charge in [0.1, 0.15) is 4.90 Å². The van der Waals surface area contributed by atoms with E-state index in [1.807, 2.05) is 0 Å². The van der Waals surface area contributed by atoms with Crippen LogP contribution < -0.4 is 14.4 Å².